The molecule has 0 spiro atoms. The lowest BCUT2D eigenvalue weighted by Gasteiger charge is -2.36. The van der Waals surface area contributed by atoms with Crippen LogP contribution < -0.4 is 5.32 Å². The molecule has 1 fully saturated rings. The first-order valence-corrected chi connectivity index (χ1v) is 6.23. The van der Waals surface area contributed by atoms with E-state index in [0.717, 1.165) is 25.4 Å². The topological polar surface area (TPSA) is 54.7 Å². The summed E-state index contributed by atoms with van der Waals surface area (Å²) in [7, 11) is 1.37. The summed E-state index contributed by atoms with van der Waals surface area (Å²) in [5, 5.41) is 3.43. The van der Waals surface area contributed by atoms with E-state index >= 15 is 0 Å². The molecule has 1 N–H and O–H groups in total. The molecule has 2 unspecified atom stereocenters. The van der Waals surface area contributed by atoms with Gasteiger partial charge in [-0.2, -0.15) is 0 Å². The van der Waals surface area contributed by atoms with Gasteiger partial charge in [-0.05, 0) is 19.9 Å². The van der Waals surface area contributed by atoms with Crippen molar-refractivity contribution in [2.75, 3.05) is 20.2 Å². The molecule has 1 aromatic heterocycles. The number of rotatable bonds is 3. The minimum Gasteiger partial charge on any atom is -0.467 e. The van der Waals surface area contributed by atoms with Crippen molar-refractivity contribution in [1.82, 2.24) is 10.2 Å². The maximum atomic E-state index is 11.3. The lowest BCUT2D eigenvalue weighted by Crippen LogP contribution is -2.53. The van der Waals surface area contributed by atoms with Gasteiger partial charge in [-0.3, -0.25) is 4.90 Å². The smallest absolute Gasteiger partial charge is 0.341 e. The maximum absolute atomic E-state index is 11.3. The quantitative estimate of drug-likeness (QED) is 0.858. The van der Waals surface area contributed by atoms with Gasteiger partial charge in [-0.1, -0.05) is 0 Å². The number of carbonyl (C=O) groups excluding carboxylic acids is 1. The number of hydrogen-bond acceptors (Lipinski definition) is 5. The van der Waals surface area contributed by atoms with Crippen LogP contribution in [0.4, 0.5) is 0 Å². The van der Waals surface area contributed by atoms with Gasteiger partial charge < -0.3 is 14.5 Å². The molecular weight excluding hydrogens is 268 g/mol. The Morgan fingerprint density at radius 1 is 1.58 bits per heavy atom. The molecule has 0 radical (unpaired) electrons. The van der Waals surface area contributed by atoms with Gasteiger partial charge in [-0.25, -0.2) is 4.79 Å². The third kappa shape index (κ3) is 3.96. The Morgan fingerprint density at radius 3 is 3.00 bits per heavy atom. The second-order valence-corrected chi connectivity index (χ2v) is 4.88. The number of carbonyl (C=O) groups is 1. The van der Waals surface area contributed by atoms with Crippen molar-refractivity contribution in [2.45, 2.75) is 32.5 Å². The highest BCUT2D eigenvalue weighted by Crippen LogP contribution is 2.15. The lowest BCUT2D eigenvalue weighted by atomic mass is 10.1. The van der Waals surface area contributed by atoms with Crippen LogP contribution in [-0.4, -0.2) is 43.2 Å². The van der Waals surface area contributed by atoms with Crippen LogP contribution in [0.2, 0.25) is 0 Å². The average Bonchev–Trinajstić information content (AvgIpc) is 2.81. The Morgan fingerprint density at radius 2 is 2.32 bits per heavy atom. The minimum absolute atomic E-state index is 0. The average molecular weight is 289 g/mol. The summed E-state index contributed by atoms with van der Waals surface area (Å²) in [6, 6.07) is 2.70. The van der Waals surface area contributed by atoms with E-state index in [1.165, 1.54) is 13.4 Å². The molecule has 2 atom stereocenters. The van der Waals surface area contributed by atoms with Gasteiger partial charge in [0.15, 0.2) is 0 Å². The third-order valence-electron chi connectivity index (χ3n) is 3.33. The van der Waals surface area contributed by atoms with Crippen molar-refractivity contribution in [1.29, 1.82) is 0 Å². The number of methoxy groups -OCH3 is 1. The predicted octanol–water partition coefficient (Wildman–Crippen LogP) is 1.67. The van der Waals surface area contributed by atoms with Crippen LogP contribution >= 0.6 is 12.4 Å². The highest BCUT2D eigenvalue weighted by atomic mass is 35.5. The van der Waals surface area contributed by atoms with Gasteiger partial charge in [0.2, 0.25) is 0 Å². The molecule has 0 aliphatic carbocycles. The first-order valence-electron chi connectivity index (χ1n) is 6.23. The third-order valence-corrected chi connectivity index (χ3v) is 3.33. The minimum atomic E-state index is -0.355. The Kier molecular flexibility index (Phi) is 5.85. The molecule has 5 nitrogen and oxygen atoms in total. The molecule has 0 bridgehead atoms. The van der Waals surface area contributed by atoms with Crippen LogP contribution in [-0.2, 0) is 11.3 Å². The van der Waals surface area contributed by atoms with Gasteiger partial charge in [0, 0.05) is 25.2 Å². The highest BCUT2D eigenvalue weighted by molar-refractivity contribution is 5.88. The Hall–Kier alpha value is -1.04. The first-order chi connectivity index (χ1) is 8.60. The molecular formula is C13H21ClN2O3. The molecule has 108 valence electrons. The van der Waals surface area contributed by atoms with Gasteiger partial charge in [0.25, 0.3) is 0 Å². The summed E-state index contributed by atoms with van der Waals surface area (Å²) >= 11 is 0. The lowest BCUT2D eigenvalue weighted by molar-refractivity contribution is 0.0600. The van der Waals surface area contributed by atoms with Crippen LogP contribution in [0.5, 0.6) is 0 Å². The van der Waals surface area contributed by atoms with Crippen molar-refractivity contribution in [3.63, 3.8) is 0 Å². The van der Waals surface area contributed by atoms with Crippen molar-refractivity contribution >= 4 is 18.4 Å². The van der Waals surface area contributed by atoms with Gasteiger partial charge in [0.05, 0.1) is 19.2 Å². The van der Waals surface area contributed by atoms with Crippen molar-refractivity contribution < 1.29 is 13.9 Å². The van der Waals surface area contributed by atoms with E-state index in [9.17, 15) is 4.79 Å². The molecule has 1 aromatic rings. The van der Waals surface area contributed by atoms with Crippen molar-refractivity contribution in [3.8, 4) is 0 Å². The highest BCUT2D eigenvalue weighted by Gasteiger charge is 2.23. The number of furan rings is 1. The SMILES string of the molecule is COC(=O)c1coc(CN2CC(C)NCC2C)c1.Cl. The summed E-state index contributed by atoms with van der Waals surface area (Å²) in [5.41, 5.74) is 0.475. The van der Waals surface area contributed by atoms with Gasteiger partial charge in [0.1, 0.15) is 12.0 Å². The summed E-state index contributed by atoms with van der Waals surface area (Å²) in [5.74, 6) is 0.447. The fraction of sp³-hybridized carbons (Fsp3) is 0.615. The van der Waals surface area contributed by atoms with Crippen LogP contribution in [0.25, 0.3) is 0 Å². The zero-order valence-corrected chi connectivity index (χ0v) is 12.3. The number of hydrogen-bond donors (Lipinski definition) is 1. The van der Waals surface area contributed by atoms with E-state index in [1.54, 1.807) is 6.07 Å². The maximum Gasteiger partial charge on any atom is 0.341 e. The molecule has 0 aromatic carbocycles. The first kappa shape index (κ1) is 16.0. The van der Waals surface area contributed by atoms with Crippen LogP contribution in [0.3, 0.4) is 0 Å². The zero-order valence-electron chi connectivity index (χ0n) is 11.5. The van der Waals surface area contributed by atoms with Crippen LogP contribution in [0.1, 0.15) is 30.0 Å². The molecule has 6 heteroatoms. The second kappa shape index (κ2) is 6.93. The Labute approximate surface area is 119 Å². The van der Waals surface area contributed by atoms with Crippen molar-refractivity contribution in [3.05, 3.63) is 23.7 Å². The van der Waals surface area contributed by atoms with E-state index < -0.39 is 0 Å². The molecule has 2 heterocycles. The molecule has 1 aliphatic heterocycles. The van der Waals surface area contributed by atoms with Crippen LogP contribution in [0.15, 0.2) is 16.7 Å². The van der Waals surface area contributed by atoms with E-state index in [0.29, 0.717) is 17.6 Å². The molecule has 2 rings (SSSR count). The van der Waals surface area contributed by atoms with Crippen molar-refractivity contribution in [2.24, 2.45) is 0 Å². The summed E-state index contributed by atoms with van der Waals surface area (Å²) < 4.78 is 10.1. The summed E-state index contributed by atoms with van der Waals surface area (Å²) in [6.45, 7) is 7.04. The van der Waals surface area contributed by atoms with E-state index in [4.69, 9.17) is 4.42 Å². The number of ether oxygens (including phenoxy) is 1. The molecule has 1 saturated heterocycles. The normalized spacial score (nSPS) is 23.7. The Bertz CT molecular complexity index is 422. The fourth-order valence-corrected chi connectivity index (χ4v) is 2.21. The zero-order chi connectivity index (χ0) is 13.1. The summed E-state index contributed by atoms with van der Waals surface area (Å²) in [4.78, 5) is 13.7. The summed E-state index contributed by atoms with van der Waals surface area (Å²) in [6.07, 6.45) is 1.46. The van der Waals surface area contributed by atoms with E-state index in [1.807, 2.05) is 0 Å². The number of halogens is 1. The van der Waals surface area contributed by atoms with Gasteiger partial charge in [-0.15, -0.1) is 12.4 Å². The standard InChI is InChI=1S/C13H20N2O3.ClH/c1-9-6-15(10(2)5-14-9)7-12-4-11(8-18-12)13(16)17-3;/h4,8-10,14H,5-7H2,1-3H3;1H. The second-order valence-electron chi connectivity index (χ2n) is 4.88. The van der Waals surface area contributed by atoms with E-state index in [-0.39, 0.29) is 18.4 Å². The van der Waals surface area contributed by atoms with Crippen LogP contribution in [0, 0.1) is 0 Å². The van der Waals surface area contributed by atoms with Gasteiger partial charge >= 0.3 is 5.97 Å². The predicted molar refractivity (Wildman–Crippen MR) is 74.6 cm³/mol. The molecule has 1 aliphatic rings. The fourth-order valence-electron chi connectivity index (χ4n) is 2.21. The largest absolute Gasteiger partial charge is 0.467 e. The monoisotopic (exact) mass is 288 g/mol. The number of nitrogens with one attached hydrogen (secondary N) is 1. The molecule has 0 amide bonds. The number of nitrogens with zero attached hydrogens (tertiary/aromatic N) is 1. The molecule has 0 saturated carbocycles. The number of esters is 1. The molecule has 19 heavy (non-hydrogen) atoms. The Balaban J connectivity index is 0.00000180. The number of piperazine rings is 1. The van der Waals surface area contributed by atoms with E-state index in [2.05, 4.69) is 28.8 Å².